The number of aromatic nitrogens is 2. The van der Waals surface area contributed by atoms with Crippen LogP contribution in [0.3, 0.4) is 0 Å². The molecule has 0 aliphatic carbocycles. The molecule has 0 saturated carbocycles. The van der Waals surface area contributed by atoms with Crippen molar-refractivity contribution in [3.8, 4) is 5.75 Å². The smallest absolute Gasteiger partial charge is 0.240 e. The number of nitrogen functional groups attached to an aromatic ring is 1. The fourth-order valence-corrected chi connectivity index (χ4v) is 2.45. The van der Waals surface area contributed by atoms with Crippen LogP contribution in [0.25, 0.3) is 0 Å². The molecule has 19 heavy (non-hydrogen) atoms. The maximum atomic E-state index is 11.9. The summed E-state index contributed by atoms with van der Waals surface area (Å²) in [4.78, 5) is 3.75. The predicted molar refractivity (Wildman–Crippen MR) is 65.7 cm³/mol. The normalized spacial score (nSPS) is 11.6. The number of rotatable bonds is 5. The molecule has 0 saturated heterocycles. The van der Waals surface area contributed by atoms with Crippen molar-refractivity contribution in [3.05, 3.63) is 30.4 Å². The van der Waals surface area contributed by atoms with Gasteiger partial charge in [-0.3, -0.25) is 0 Å². The average molecular weight is 284 g/mol. The molecule has 2 rings (SSSR count). The first kappa shape index (κ1) is 13.3. The van der Waals surface area contributed by atoms with Gasteiger partial charge in [0.2, 0.25) is 16.4 Å². The van der Waals surface area contributed by atoms with Gasteiger partial charge in [0.05, 0.1) is 10.6 Å². The summed E-state index contributed by atoms with van der Waals surface area (Å²) in [5, 5.41) is 12.8. The Morgan fingerprint density at radius 2 is 2.21 bits per heavy atom. The highest BCUT2D eigenvalue weighted by Crippen LogP contribution is 2.22. The fourth-order valence-electron chi connectivity index (χ4n) is 1.38. The van der Waals surface area contributed by atoms with Crippen LogP contribution >= 0.6 is 0 Å². The molecule has 1 aromatic heterocycles. The lowest BCUT2D eigenvalue weighted by molar-refractivity contribution is 0.410. The zero-order chi connectivity index (χ0) is 13.9. The van der Waals surface area contributed by atoms with Crippen molar-refractivity contribution in [2.75, 3.05) is 12.3 Å². The van der Waals surface area contributed by atoms with E-state index in [1.54, 1.807) is 0 Å². The number of nitrogens with two attached hydrogens (primary N) is 1. The SMILES string of the molecule is Nc1cc(S(=O)(=O)NCCc2ncon2)ccc1O. The van der Waals surface area contributed by atoms with E-state index in [9.17, 15) is 13.5 Å². The van der Waals surface area contributed by atoms with Gasteiger partial charge in [-0.25, -0.2) is 13.1 Å². The lowest BCUT2D eigenvalue weighted by Gasteiger charge is -2.07. The van der Waals surface area contributed by atoms with Gasteiger partial charge in [0.15, 0.2) is 5.82 Å². The molecular weight excluding hydrogens is 272 g/mol. The van der Waals surface area contributed by atoms with Gasteiger partial charge in [-0.1, -0.05) is 5.16 Å². The van der Waals surface area contributed by atoms with Crippen LogP contribution in [0.15, 0.2) is 34.0 Å². The molecule has 8 nitrogen and oxygen atoms in total. The van der Waals surface area contributed by atoms with Crippen molar-refractivity contribution >= 4 is 15.7 Å². The molecule has 0 atom stereocenters. The molecule has 0 fully saturated rings. The topological polar surface area (TPSA) is 131 Å². The quantitative estimate of drug-likeness (QED) is 0.515. The zero-order valence-electron chi connectivity index (χ0n) is 9.78. The highest BCUT2D eigenvalue weighted by molar-refractivity contribution is 7.89. The molecular formula is C10H12N4O4S. The number of nitrogens with zero attached hydrogens (tertiary/aromatic N) is 2. The van der Waals surface area contributed by atoms with Crippen LogP contribution in [0.1, 0.15) is 5.82 Å². The van der Waals surface area contributed by atoms with E-state index < -0.39 is 10.0 Å². The Morgan fingerprint density at radius 1 is 1.42 bits per heavy atom. The van der Waals surface area contributed by atoms with Crippen molar-refractivity contribution in [3.63, 3.8) is 0 Å². The standard InChI is InChI=1S/C10H12N4O4S/c11-8-5-7(1-2-9(8)15)19(16,17)13-4-3-10-12-6-18-14-10/h1-2,5-6,13,15H,3-4,11H2. The van der Waals surface area contributed by atoms with E-state index >= 15 is 0 Å². The molecule has 4 N–H and O–H groups in total. The van der Waals surface area contributed by atoms with Crippen molar-refractivity contribution < 1.29 is 18.0 Å². The van der Waals surface area contributed by atoms with Gasteiger partial charge in [0.1, 0.15) is 5.75 Å². The van der Waals surface area contributed by atoms with Crippen LogP contribution in [0.4, 0.5) is 5.69 Å². The molecule has 0 spiro atoms. The van der Waals surface area contributed by atoms with Crippen LogP contribution < -0.4 is 10.5 Å². The number of phenolic OH excluding ortho intramolecular Hbond substituents is 1. The van der Waals surface area contributed by atoms with E-state index in [4.69, 9.17) is 5.73 Å². The Kier molecular flexibility index (Phi) is 3.67. The third kappa shape index (κ3) is 3.20. The van der Waals surface area contributed by atoms with Gasteiger partial charge in [-0.05, 0) is 18.2 Å². The Balaban J connectivity index is 2.03. The summed E-state index contributed by atoms with van der Waals surface area (Å²) in [5.41, 5.74) is 5.45. The van der Waals surface area contributed by atoms with E-state index in [1.807, 2.05) is 0 Å². The van der Waals surface area contributed by atoms with Crippen molar-refractivity contribution in [1.82, 2.24) is 14.9 Å². The summed E-state index contributed by atoms with van der Waals surface area (Å²) in [6.07, 6.45) is 1.48. The Bertz CT molecular complexity index is 654. The summed E-state index contributed by atoms with van der Waals surface area (Å²) in [6.45, 7) is 0.128. The van der Waals surface area contributed by atoms with Crippen molar-refractivity contribution in [2.24, 2.45) is 0 Å². The highest BCUT2D eigenvalue weighted by Gasteiger charge is 2.15. The van der Waals surface area contributed by atoms with Gasteiger partial charge in [0, 0.05) is 13.0 Å². The second-order valence-electron chi connectivity index (χ2n) is 3.72. The van der Waals surface area contributed by atoms with Gasteiger partial charge in [-0.2, -0.15) is 4.98 Å². The molecule has 0 radical (unpaired) electrons. The molecule has 0 unspecified atom stereocenters. The molecule has 2 aromatic rings. The second kappa shape index (κ2) is 5.24. The summed E-state index contributed by atoms with van der Waals surface area (Å²) in [5.74, 6) is 0.249. The number of phenols is 1. The summed E-state index contributed by atoms with van der Waals surface area (Å²) < 4.78 is 30.7. The third-order valence-corrected chi connectivity index (χ3v) is 3.82. The Hall–Kier alpha value is -2.13. The fraction of sp³-hybridized carbons (Fsp3) is 0.200. The van der Waals surface area contributed by atoms with Crippen molar-refractivity contribution in [1.29, 1.82) is 0 Å². The summed E-state index contributed by atoms with van der Waals surface area (Å²) in [7, 11) is -3.68. The van der Waals surface area contributed by atoms with Gasteiger partial charge >= 0.3 is 0 Å². The molecule has 102 valence electrons. The number of anilines is 1. The molecule has 0 bridgehead atoms. The maximum Gasteiger partial charge on any atom is 0.240 e. The van der Waals surface area contributed by atoms with E-state index in [1.165, 1.54) is 24.6 Å². The van der Waals surface area contributed by atoms with Crippen LogP contribution in [0.2, 0.25) is 0 Å². The first-order valence-corrected chi connectivity index (χ1v) is 6.81. The minimum atomic E-state index is -3.68. The number of hydrogen-bond acceptors (Lipinski definition) is 7. The molecule has 0 amide bonds. The Labute approximate surface area is 109 Å². The molecule has 1 heterocycles. The summed E-state index contributed by atoms with van der Waals surface area (Å²) >= 11 is 0. The van der Waals surface area contributed by atoms with Crippen molar-refractivity contribution in [2.45, 2.75) is 11.3 Å². The second-order valence-corrected chi connectivity index (χ2v) is 5.48. The number of hydrogen-bond donors (Lipinski definition) is 3. The Morgan fingerprint density at radius 3 is 2.84 bits per heavy atom. The number of nitrogens with one attached hydrogen (secondary N) is 1. The van der Waals surface area contributed by atoms with Crippen LogP contribution in [0.5, 0.6) is 5.75 Å². The van der Waals surface area contributed by atoms with Crippen LogP contribution in [0, 0.1) is 0 Å². The van der Waals surface area contributed by atoms with Gasteiger partial charge in [-0.15, -0.1) is 0 Å². The molecule has 9 heteroatoms. The lowest BCUT2D eigenvalue weighted by Crippen LogP contribution is -2.26. The zero-order valence-corrected chi connectivity index (χ0v) is 10.6. The summed E-state index contributed by atoms with van der Waals surface area (Å²) in [6, 6.07) is 3.68. The van der Waals surface area contributed by atoms with Crippen LogP contribution in [-0.4, -0.2) is 30.2 Å². The molecule has 0 aliphatic heterocycles. The van der Waals surface area contributed by atoms with Crippen LogP contribution in [-0.2, 0) is 16.4 Å². The van der Waals surface area contributed by atoms with Gasteiger partial charge in [0.25, 0.3) is 0 Å². The number of benzene rings is 1. The third-order valence-electron chi connectivity index (χ3n) is 2.36. The van der Waals surface area contributed by atoms with E-state index in [-0.39, 0.29) is 22.9 Å². The van der Waals surface area contributed by atoms with E-state index in [0.717, 1.165) is 0 Å². The van der Waals surface area contributed by atoms with E-state index in [2.05, 4.69) is 19.4 Å². The van der Waals surface area contributed by atoms with E-state index in [0.29, 0.717) is 12.2 Å². The monoisotopic (exact) mass is 284 g/mol. The first-order valence-electron chi connectivity index (χ1n) is 5.32. The number of aromatic hydroxyl groups is 1. The lowest BCUT2D eigenvalue weighted by atomic mass is 10.3. The average Bonchev–Trinajstić information content (AvgIpc) is 2.85. The minimum Gasteiger partial charge on any atom is -0.506 e. The molecule has 1 aromatic carbocycles. The first-order chi connectivity index (χ1) is 8.99. The largest absolute Gasteiger partial charge is 0.506 e. The maximum absolute atomic E-state index is 11.9. The minimum absolute atomic E-state index is 0.000966. The number of sulfonamides is 1. The molecule has 0 aliphatic rings. The highest BCUT2D eigenvalue weighted by atomic mass is 32.2. The van der Waals surface area contributed by atoms with Gasteiger partial charge < -0.3 is 15.4 Å². The predicted octanol–water partition coefficient (Wildman–Crippen LogP) is -0.122.